The summed E-state index contributed by atoms with van der Waals surface area (Å²) in [5, 5.41) is 15.7. The van der Waals surface area contributed by atoms with Gasteiger partial charge in [-0.05, 0) is 18.1 Å². The van der Waals surface area contributed by atoms with Gasteiger partial charge in [-0.2, -0.15) is 0 Å². The molecule has 1 heterocycles. The summed E-state index contributed by atoms with van der Waals surface area (Å²) in [6, 6.07) is 20.7. The van der Waals surface area contributed by atoms with Gasteiger partial charge in [0.25, 0.3) is 5.69 Å². The van der Waals surface area contributed by atoms with Gasteiger partial charge in [-0.1, -0.05) is 66.7 Å². The van der Waals surface area contributed by atoms with Crippen LogP contribution in [0.5, 0.6) is 11.5 Å². The second-order valence-corrected chi connectivity index (χ2v) is 9.44. The molecule has 41 heavy (non-hydrogen) atoms. The van der Waals surface area contributed by atoms with Gasteiger partial charge in [-0.25, -0.2) is 4.79 Å². The van der Waals surface area contributed by atoms with E-state index in [1.54, 1.807) is 73.7 Å². The predicted octanol–water partition coefficient (Wildman–Crippen LogP) is 5.10. The number of fused-ring (bicyclic) bond motifs is 2. The highest BCUT2D eigenvalue weighted by atomic mass is 16.6. The van der Waals surface area contributed by atoms with Crippen molar-refractivity contribution in [3.05, 3.63) is 111 Å². The highest BCUT2D eigenvalue weighted by Crippen LogP contribution is 2.56. The first-order valence-electron chi connectivity index (χ1n) is 12.9. The Hall–Kier alpha value is -5.09. The summed E-state index contributed by atoms with van der Waals surface area (Å²) in [6.07, 6.45) is 0. The Morgan fingerprint density at radius 3 is 1.98 bits per heavy atom. The summed E-state index contributed by atoms with van der Waals surface area (Å²) in [5.74, 6) is -1.63. The summed E-state index contributed by atoms with van der Waals surface area (Å²) in [5.41, 5.74) is -0.205. The molecular formula is C31H26N2O8. The van der Waals surface area contributed by atoms with Crippen LogP contribution in [0.4, 0.5) is 5.69 Å². The number of hydrogen-bond donors (Lipinski definition) is 1. The molecule has 0 radical (unpaired) electrons. The van der Waals surface area contributed by atoms with E-state index < -0.39 is 34.4 Å². The molecule has 0 bridgehead atoms. The van der Waals surface area contributed by atoms with E-state index in [4.69, 9.17) is 14.2 Å². The molecule has 0 fully saturated rings. The molecule has 1 aliphatic heterocycles. The molecule has 0 spiro atoms. The predicted molar refractivity (Wildman–Crippen MR) is 148 cm³/mol. The average molecular weight is 555 g/mol. The fourth-order valence-corrected chi connectivity index (χ4v) is 5.38. The quantitative estimate of drug-likeness (QED) is 0.143. The number of hydrogen-bond acceptors (Lipinski definition) is 9. The van der Waals surface area contributed by atoms with Crippen molar-refractivity contribution in [2.24, 2.45) is 0 Å². The Bertz CT molecular complexity index is 1680. The molecule has 208 valence electrons. The third kappa shape index (κ3) is 4.68. The number of nitro groups is 1. The lowest BCUT2D eigenvalue weighted by molar-refractivity contribution is -0.384. The number of benzene rings is 4. The maximum Gasteiger partial charge on any atom is 0.335 e. The van der Waals surface area contributed by atoms with Crippen LogP contribution in [0, 0.1) is 10.1 Å². The van der Waals surface area contributed by atoms with Crippen LogP contribution in [0.15, 0.2) is 78.9 Å². The van der Waals surface area contributed by atoms with Crippen molar-refractivity contribution in [1.82, 2.24) is 5.32 Å². The second-order valence-electron chi connectivity index (χ2n) is 9.44. The van der Waals surface area contributed by atoms with Crippen molar-refractivity contribution in [3.63, 3.8) is 0 Å². The number of esters is 3. The smallest absolute Gasteiger partial charge is 0.335 e. The number of ether oxygens (including phenoxy) is 3. The van der Waals surface area contributed by atoms with Crippen LogP contribution in [0.2, 0.25) is 0 Å². The van der Waals surface area contributed by atoms with Crippen LogP contribution < -0.4 is 14.8 Å². The molecule has 5 rings (SSSR count). The number of carbonyl (C=O) groups excluding carboxylic acids is 3. The molecule has 0 amide bonds. The van der Waals surface area contributed by atoms with Crippen molar-refractivity contribution < 1.29 is 33.5 Å². The first kappa shape index (κ1) is 27.5. The van der Waals surface area contributed by atoms with E-state index in [-0.39, 0.29) is 29.4 Å². The highest BCUT2D eigenvalue weighted by Gasteiger charge is 2.56. The van der Waals surface area contributed by atoms with Crippen molar-refractivity contribution in [2.75, 3.05) is 6.61 Å². The van der Waals surface area contributed by atoms with E-state index in [0.29, 0.717) is 27.5 Å². The number of nitrogens with zero attached hydrogens (tertiary/aromatic N) is 1. The lowest BCUT2D eigenvalue weighted by Crippen LogP contribution is -2.48. The van der Waals surface area contributed by atoms with Crippen molar-refractivity contribution in [2.45, 2.75) is 32.4 Å². The first-order chi connectivity index (χ1) is 19.7. The standard InChI is InChI=1S/C31H26N2O8/c1-4-39-30(36)31(21-10-6-5-7-11-21)26-25(27(32-31)20-14-16-22(17-15-20)33(37)38)28(40-18(2)34)23-12-8-9-13-24(23)29(26)41-19(3)35/h5-17,27,32H,4H2,1-3H3/t27-,31-/m1/s1. The maximum absolute atomic E-state index is 14.1. The molecule has 0 saturated carbocycles. The fourth-order valence-electron chi connectivity index (χ4n) is 5.38. The number of nitro benzene ring substituents is 1. The zero-order valence-corrected chi connectivity index (χ0v) is 22.5. The van der Waals surface area contributed by atoms with Crippen molar-refractivity contribution >= 4 is 34.4 Å². The zero-order chi connectivity index (χ0) is 29.3. The molecule has 0 aliphatic carbocycles. The van der Waals surface area contributed by atoms with Crippen LogP contribution in [0.3, 0.4) is 0 Å². The van der Waals surface area contributed by atoms with Crippen LogP contribution in [-0.4, -0.2) is 29.4 Å². The third-order valence-electron chi connectivity index (χ3n) is 6.90. The summed E-state index contributed by atoms with van der Waals surface area (Å²) >= 11 is 0. The van der Waals surface area contributed by atoms with Gasteiger partial charge < -0.3 is 14.2 Å². The lowest BCUT2D eigenvalue weighted by atomic mass is 9.81. The van der Waals surface area contributed by atoms with Gasteiger partial charge in [0.1, 0.15) is 11.5 Å². The van der Waals surface area contributed by atoms with E-state index in [2.05, 4.69) is 5.32 Å². The van der Waals surface area contributed by atoms with Gasteiger partial charge in [0.15, 0.2) is 5.54 Å². The van der Waals surface area contributed by atoms with Crippen LogP contribution in [-0.2, 0) is 24.7 Å². The maximum atomic E-state index is 14.1. The van der Waals surface area contributed by atoms with E-state index in [1.165, 1.54) is 26.0 Å². The molecule has 4 aromatic rings. The Morgan fingerprint density at radius 2 is 1.41 bits per heavy atom. The summed E-state index contributed by atoms with van der Waals surface area (Å²) in [7, 11) is 0. The van der Waals surface area contributed by atoms with Gasteiger partial charge in [-0.3, -0.25) is 25.0 Å². The van der Waals surface area contributed by atoms with Crippen LogP contribution in [0.25, 0.3) is 10.8 Å². The second kappa shape index (κ2) is 10.8. The van der Waals surface area contributed by atoms with Crippen LogP contribution >= 0.6 is 0 Å². The minimum atomic E-state index is -1.72. The topological polar surface area (TPSA) is 134 Å². The monoisotopic (exact) mass is 554 g/mol. The molecule has 0 unspecified atom stereocenters. The third-order valence-corrected chi connectivity index (χ3v) is 6.90. The summed E-state index contributed by atoms with van der Waals surface area (Å²) < 4.78 is 17.3. The summed E-state index contributed by atoms with van der Waals surface area (Å²) in [4.78, 5) is 50.0. The molecule has 10 nitrogen and oxygen atoms in total. The molecule has 2 atom stereocenters. The lowest BCUT2D eigenvalue weighted by Gasteiger charge is -2.31. The number of nitrogens with one attached hydrogen (secondary N) is 1. The average Bonchev–Trinajstić information content (AvgIpc) is 3.32. The van der Waals surface area contributed by atoms with E-state index in [0.717, 1.165) is 0 Å². The minimum absolute atomic E-state index is 0.0555. The molecule has 0 aromatic heterocycles. The number of rotatable bonds is 7. The van der Waals surface area contributed by atoms with E-state index in [1.807, 2.05) is 0 Å². The largest absolute Gasteiger partial charge is 0.464 e. The Labute approximate surface area is 235 Å². The fraction of sp³-hybridized carbons (Fsp3) is 0.194. The molecule has 10 heteroatoms. The first-order valence-corrected chi connectivity index (χ1v) is 12.9. The van der Waals surface area contributed by atoms with Gasteiger partial charge in [0, 0.05) is 47.9 Å². The van der Waals surface area contributed by atoms with E-state index in [9.17, 15) is 24.5 Å². The molecular weight excluding hydrogens is 528 g/mol. The van der Waals surface area contributed by atoms with Crippen molar-refractivity contribution in [1.29, 1.82) is 0 Å². The number of non-ortho nitro benzene ring substituents is 1. The highest BCUT2D eigenvalue weighted by molar-refractivity contribution is 6.03. The zero-order valence-electron chi connectivity index (χ0n) is 22.5. The van der Waals surface area contributed by atoms with E-state index >= 15 is 0 Å². The molecule has 1 aliphatic rings. The minimum Gasteiger partial charge on any atom is -0.464 e. The Morgan fingerprint density at radius 1 is 0.854 bits per heavy atom. The van der Waals surface area contributed by atoms with Gasteiger partial charge >= 0.3 is 17.9 Å². The van der Waals surface area contributed by atoms with Crippen molar-refractivity contribution in [3.8, 4) is 11.5 Å². The van der Waals surface area contributed by atoms with Crippen LogP contribution in [0.1, 0.15) is 49.1 Å². The Kier molecular flexibility index (Phi) is 7.25. The number of carbonyl (C=O) groups is 3. The van der Waals surface area contributed by atoms with Gasteiger partial charge in [0.05, 0.1) is 17.6 Å². The summed E-state index contributed by atoms with van der Waals surface area (Å²) in [6.45, 7) is 4.25. The van der Waals surface area contributed by atoms with Gasteiger partial charge in [0.2, 0.25) is 0 Å². The Balaban J connectivity index is 1.98. The molecule has 1 N–H and O–H groups in total. The normalized spacial score (nSPS) is 17.5. The van der Waals surface area contributed by atoms with Gasteiger partial charge in [-0.15, -0.1) is 0 Å². The molecule has 4 aromatic carbocycles. The molecule has 0 saturated heterocycles. The SMILES string of the molecule is CCOC(=O)[C@]1(c2ccccc2)N[C@H](c2ccc([N+](=O)[O-])cc2)c2c1c(OC(C)=O)c1ccccc1c2OC(C)=O.